The predicted molar refractivity (Wildman–Crippen MR) is 66.0 cm³/mol. The third kappa shape index (κ3) is 4.49. The molecule has 2 nitrogen and oxygen atoms in total. The van der Waals surface area contributed by atoms with Gasteiger partial charge in [-0.1, -0.05) is 6.08 Å². The van der Waals surface area contributed by atoms with Crippen molar-refractivity contribution in [3.05, 3.63) is 12.7 Å². The maximum atomic E-state index is 3.72. The number of hydrogen-bond donors (Lipinski definition) is 1. The molecule has 0 unspecified atom stereocenters. The van der Waals surface area contributed by atoms with Gasteiger partial charge in [0, 0.05) is 43.2 Å². The van der Waals surface area contributed by atoms with Gasteiger partial charge < -0.3 is 5.32 Å². The molecular weight excluding hydrogens is 192 g/mol. The van der Waals surface area contributed by atoms with Crippen molar-refractivity contribution >= 4 is 11.8 Å². The first-order chi connectivity index (χ1) is 6.64. The molecule has 1 fully saturated rings. The van der Waals surface area contributed by atoms with E-state index in [0.717, 1.165) is 12.3 Å². The third-order valence-electron chi connectivity index (χ3n) is 2.44. The topological polar surface area (TPSA) is 15.3 Å². The average molecular weight is 214 g/mol. The lowest BCUT2D eigenvalue weighted by Gasteiger charge is -2.39. The van der Waals surface area contributed by atoms with Gasteiger partial charge in [-0.05, 0) is 13.8 Å². The summed E-state index contributed by atoms with van der Waals surface area (Å²) in [5, 5.41) is 3.53. The minimum Gasteiger partial charge on any atom is -0.309 e. The highest BCUT2D eigenvalue weighted by atomic mass is 32.2. The number of rotatable bonds is 5. The molecule has 1 aliphatic rings. The molecule has 1 heterocycles. The van der Waals surface area contributed by atoms with Crippen LogP contribution in [0.25, 0.3) is 0 Å². The van der Waals surface area contributed by atoms with Gasteiger partial charge in [-0.25, -0.2) is 0 Å². The standard InChI is InChI=1S/C11H22N2S/c1-4-8-14-9-7-13-6-5-12-11(2,3)10-13/h4,12H,1,5-10H2,2-3H3. The summed E-state index contributed by atoms with van der Waals surface area (Å²) in [7, 11) is 0. The van der Waals surface area contributed by atoms with Gasteiger partial charge in [0.25, 0.3) is 0 Å². The fourth-order valence-electron chi connectivity index (χ4n) is 1.80. The largest absolute Gasteiger partial charge is 0.309 e. The first-order valence-corrected chi connectivity index (χ1v) is 6.45. The Kier molecular flexibility index (Phi) is 4.99. The van der Waals surface area contributed by atoms with E-state index in [1.54, 1.807) is 0 Å². The lowest BCUT2D eigenvalue weighted by molar-refractivity contribution is 0.163. The fraction of sp³-hybridized carbons (Fsp3) is 0.818. The van der Waals surface area contributed by atoms with Crippen LogP contribution in [0.15, 0.2) is 12.7 Å². The Hall–Kier alpha value is 0.01000. The summed E-state index contributed by atoms with van der Waals surface area (Å²) in [5.41, 5.74) is 0.293. The molecule has 14 heavy (non-hydrogen) atoms. The van der Waals surface area contributed by atoms with Gasteiger partial charge in [-0.2, -0.15) is 11.8 Å². The van der Waals surface area contributed by atoms with Crippen molar-refractivity contribution in [2.75, 3.05) is 37.7 Å². The molecule has 0 aromatic heterocycles. The van der Waals surface area contributed by atoms with E-state index in [9.17, 15) is 0 Å². The molecule has 0 bridgehead atoms. The average Bonchev–Trinajstić information content (AvgIpc) is 2.11. The summed E-state index contributed by atoms with van der Waals surface area (Å²) in [5.74, 6) is 2.30. The predicted octanol–water partition coefficient (Wildman–Crippen LogP) is 1.59. The lowest BCUT2D eigenvalue weighted by Crippen LogP contribution is -2.57. The molecule has 0 saturated carbocycles. The summed E-state index contributed by atoms with van der Waals surface area (Å²) in [4.78, 5) is 2.55. The van der Waals surface area contributed by atoms with Crippen LogP contribution < -0.4 is 5.32 Å². The highest BCUT2D eigenvalue weighted by molar-refractivity contribution is 7.99. The zero-order valence-electron chi connectivity index (χ0n) is 9.38. The van der Waals surface area contributed by atoms with Gasteiger partial charge in [0.1, 0.15) is 0 Å². The highest BCUT2D eigenvalue weighted by Crippen LogP contribution is 2.11. The van der Waals surface area contributed by atoms with Crippen molar-refractivity contribution in [1.29, 1.82) is 0 Å². The van der Waals surface area contributed by atoms with E-state index in [4.69, 9.17) is 0 Å². The van der Waals surface area contributed by atoms with E-state index in [0.29, 0.717) is 5.54 Å². The molecule has 1 N–H and O–H groups in total. The van der Waals surface area contributed by atoms with Crippen LogP contribution in [0.2, 0.25) is 0 Å². The molecule has 0 aromatic carbocycles. The van der Waals surface area contributed by atoms with E-state index < -0.39 is 0 Å². The zero-order chi connectivity index (χ0) is 10.4. The molecule has 3 heteroatoms. The monoisotopic (exact) mass is 214 g/mol. The number of hydrogen-bond acceptors (Lipinski definition) is 3. The Bertz CT molecular complexity index is 180. The van der Waals surface area contributed by atoms with Crippen molar-refractivity contribution < 1.29 is 0 Å². The van der Waals surface area contributed by atoms with Crippen LogP contribution in [0.4, 0.5) is 0 Å². The van der Waals surface area contributed by atoms with Gasteiger partial charge in [0.15, 0.2) is 0 Å². The SMILES string of the molecule is C=CCSCCN1CCNC(C)(C)C1. The fourth-order valence-corrected chi connectivity index (χ4v) is 2.52. The molecule has 1 rings (SSSR count). The van der Waals surface area contributed by atoms with E-state index in [1.165, 1.54) is 25.4 Å². The van der Waals surface area contributed by atoms with Crippen molar-refractivity contribution in [3.63, 3.8) is 0 Å². The van der Waals surface area contributed by atoms with Crippen LogP contribution in [0.1, 0.15) is 13.8 Å². The van der Waals surface area contributed by atoms with Crippen molar-refractivity contribution in [2.24, 2.45) is 0 Å². The molecule has 0 amide bonds. The van der Waals surface area contributed by atoms with Crippen LogP contribution in [0.5, 0.6) is 0 Å². The van der Waals surface area contributed by atoms with Crippen LogP contribution in [-0.2, 0) is 0 Å². The van der Waals surface area contributed by atoms with Gasteiger partial charge in [0.2, 0.25) is 0 Å². The summed E-state index contributed by atoms with van der Waals surface area (Å²) < 4.78 is 0. The Balaban J connectivity index is 2.14. The summed E-state index contributed by atoms with van der Waals surface area (Å²) in [6.45, 7) is 13.0. The highest BCUT2D eigenvalue weighted by Gasteiger charge is 2.24. The van der Waals surface area contributed by atoms with Crippen LogP contribution in [0, 0.1) is 0 Å². The molecular formula is C11H22N2S. The Morgan fingerprint density at radius 3 is 3.00 bits per heavy atom. The van der Waals surface area contributed by atoms with E-state index in [1.807, 2.05) is 17.8 Å². The van der Waals surface area contributed by atoms with Crippen LogP contribution >= 0.6 is 11.8 Å². The van der Waals surface area contributed by atoms with Crippen LogP contribution in [-0.4, -0.2) is 48.1 Å². The van der Waals surface area contributed by atoms with Crippen molar-refractivity contribution in [3.8, 4) is 0 Å². The Morgan fingerprint density at radius 2 is 2.36 bits per heavy atom. The second-order valence-corrected chi connectivity index (χ2v) is 5.60. The van der Waals surface area contributed by atoms with E-state index in [-0.39, 0.29) is 0 Å². The molecule has 0 atom stereocenters. The molecule has 0 aromatic rings. The van der Waals surface area contributed by atoms with Crippen molar-refractivity contribution in [1.82, 2.24) is 10.2 Å². The maximum absolute atomic E-state index is 3.72. The maximum Gasteiger partial charge on any atom is 0.0252 e. The summed E-state index contributed by atoms with van der Waals surface area (Å²) in [6.07, 6.45) is 1.98. The van der Waals surface area contributed by atoms with Gasteiger partial charge in [-0.3, -0.25) is 4.90 Å². The zero-order valence-corrected chi connectivity index (χ0v) is 10.2. The lowest BCUT2D eigenvalue weighted by atomic mass is 10.0. The normalized spacial score (nSPS) is 22.1. The Labute approximate surface area is 92.1 Å². The molecule has 0 radical (unpaired) electrons. The third-order valence-corrected chi connectivity index (χ3v) is 3.38. The van der Waals surface area contributed by atoms with E-state index in [2.05, 4.69) is 30.6 Å². The minimum atomic E-state index is 0.293. The summed E-state index contributed by atoms with van der Waals surface area (Å²) >= 11 is 1.97. The number of nitrogens with zero attached hydrogens (tertiary/aromatic N) is 1. The molecule has 1 aliphatic heterocycles. The Morgan fingerprint density at radius 1 is 1.57 bits per heavy atom. The first kappa shape index (κ1) is 12.1. The molecule has 0 aliphatic carbocycles. The van der Waals surface area contributed by atoms with Gasteiger partial charge >= 0.3 is 0 Å². The number of piperazine rings is 1. The smallest absolute Gasteiger partial charge is 0.0252 e. The minimum absolute atomic E-state index is 0.293. The number of thioether (sulfide) groups is 1. The molecule has 0 spiro atoms. The quantitative estimate of drug-likeness (QED) is 0.553. The summed E-state index contributed by atoms with van der Waals surface area (Å²) in [6, 6.07) is 0. The second kappa shape index (κ2) is 5.79. The van der Waals surface area contributed by atoms with E-state index >= 15 is 0 Å². The molecule has 1 saturated heterocycles. The van der Waals surface area contributed by atoms with Crippen LogP contribution in [0.3, 0.4) is 0 Å². The second-order valence-electron chi connectivity index (χ2n) is 4.45. The van der Waals surface area contributed by atoms with Gasteiger partial charge in [0.05, 0.1) is 0 Å². The first-order valence-electron chi connectivity index (χ1n) is 5.30. The number of nitrogens with one attached hydrogen (secondary N) is 1. The van der Waals surface area contributed by atoms with Gasteiger partial charge in [-0.15, -0.1) is 6.58 Å². The molecule has 82 valence electrons. The van der Waals surface area contributed by atoms with Crippen molar-refractivity contribution in [2.45, 2.75) is 19.4 Å².